The van der Waals surface area contributed by atoms with Crippen molar-refractivity contribution in [2.24, 2.45) is 0 Å². The number of carboxylic acids is 1. The highest BCUT2D eigenvalue weighted by Gasteiger charge is 2.17. The van der Waals surface area contributed by atoms with Crippen LogP contribution in [0, 0.1) is 17.1 Å². The third kappa shape index (κ3) is 3.85. The number of carbonyl (C=O) groups is 1. The zero-order valence-electron chi connectivity index (χ0n) is 9.43. The average Bonchev–Trinajstić information content (AvgIpc) is 2.27. The van der Waals surface area contributed by atoms with Gasteiger partial charge in [0.25, 0.3) is 0 Å². The lowest BCUT2D eigenvalue weighted by molar-refractivity contribution is -0.137. The Bertz CT molecular complexity index is 442. The topological polar surface area (TPSA) is 64.3 Å². The highest BCUT2D eigenvalue weighted by atomic mass is 19.1. The first-order valence-corrected chi connectivity index (χ1v) is 5.11. The SMILES string of the molecule is CN(CCC(=O)O)C(C#N)c1cccc(F)c1. The van der Waals surface area contributed by atoms with Gasteiger partial charge in [0.2, 0.25) is 0 Å². The minimum Gasteiger partial charge on any atom is -0.481 e. The first kappa shape index (κ1) is 13.1. The van der Waals surface area contributed by atoms with Gasteiger partial charge in [-0.25, -0.2) is 4.39 Å². The fourth-order valence-corrected chi connectivity index (χ4v) is 1.51. The molecule has 0 aliphatic carbocycles. The van der Waals surface area contributed by atoms with Gasteiger partial charge in [-0.15, -0.1) is 0 Å². The largest absolute Gasteiger partial charge is 0.481 e. The summed E-state index contributed by atoms with van der Waals surface area (Å²) in [6, 6.07) is 7.16. The zero-order valence-corrected chi connectivity index (χ0v) is 9.43. The summed E-state index contributed by atoms with van der Waals surface area (Å²) in [5.41, 5.74) is 0.528. The predicted molar refractivity (Wildman–Crippen MR) is 59.6 cm³/mol. The van der Waals surface area contributed by atoms with E-state index in [2.05, 4.69) is 0 Å². The molecule has 0 heterocycles. The van der Waals surface area contributed by atoms with Crippen LogP contribution in [0.2, 0.25) is 0 Å². The van der Waals surface area contributed by atoms with E-state index >= 15 is 0 Å². The summed E-state index contributed by atoms with van der Waals surface area (Å²) in [5, 5.41) is 17.6. The molecule has 0 saturated heterocycles. The van der Waals surface area contributed by atoms with Crippen molar-refractivity contribution >= 4 is 5.97 Å². The van der Waals surface area contributed by atoms with E-state index in [1.165, 1.54) is 18.2 Å². The Labute approximate surface area is 98.9 Å². The molecule has 1 atom stereocenters. The minimum atomic E-state index is -0.923. The maximum atomic E-state index is 13.0. The number of aliphatic carboxylic acids is 1. The second-order valence-electron chi connectivity index (χ2n) is 3.71. The smallest absolute Gasteiger partial charge is 0.304 e. The molecule has 0 bridgehead atoms. The molecular weight excluding hydrogens is 223 g/mol. The number of halogens is 1. The number of hydrogen-bond acceptors (Lipinski definition) is 3. The molecule has 1 aromatic carbocycles. The van der Waals surface area contributed by atoms with Gasteiger partial charge in [0, 0.05) is 6.54 Å². The van der Waals surface area contributed by atoms with Crippen molar-refractivity contribution < 1.29 is 14.3 Å². The van der Waals surface area contributed by atoms with Crippen LogP contribution in [0.3, 0.4) is 0 Å². The Morgan fingerprint density at radius 1 is 1.65 bits per heavy atom. The van der Waals surface area contributed by atoms with Crippen LogP contribution >= 0.6 is 0 Å². The van der Waals surface area contributed by atoms with Crippen LogP contribution < -0.4 is 0 Å². The summed E-state index contributed by atoms with van der Waals surface area (Å²) in [6.07, 6.45) is -0.0516. The fraction of sp³-hybridized carbons (Fsp3) is 0.333. The number of nitriles is 1. The molecule has 0 spiro atoms. The van der Waals surface area contributed by atoms with Crippen molar-refractivity contribution in [3.8, 4) is 6.07 Å². The minimum absolute atomic E-state index is 0.0516. The summed E-state index contributed by atoms with van der Waals surface area (Å²) in [7, 11) is 1.64. The van der Waals surface area contributed by atoms with Gasteiger partial charge in [-0.3, -0.25) is 9.69 Å². The second kappa shape index (κ2) is 5.97. The van der Waals surface area contributed by atoms with Crippen LogP contribution in [0.25, 0.3) is 0 Å². The molecule has 1 rings (SSSR count). The molecule has 0 fully saturated rings. The van der Waals surface area contributed by atoms with E-state index < -0.39 is 17.8 Å². The molecular formula is C12H13FN2O2. The van der Waals surface area contributed by atoms with Crippen LogP contribution in [0.4, 0.5) is 4.39 Å². The maximum Gasteiger partial charge on any atom is 0.304 e. The molecule has 0 aromatic heterocycles. The fourth-order valence-electron chi connectivity index (χ4n) is 1.51. The predicted octanol–water partition coefficient (Wildman–Crippen LogP) is 1.80. The second-order valence-corrected chi connectivity index (χ2v) is 3.71. The highest BCUT2D eigenvalue weighted by Crippen LogP contribution is 2.19. The Kier molecular flexibility index (Phi) is 4.61. The number of carboxylic acid groups (broad SMARTS) is 1. The summed E-state index contributed by atoms with van der Waals surface area (Å²) >= 11 is 0. The highest BCUT2D eigenvalue weighted by molar-refractivity contribution is 5.66. The monoisotopic (exact) mass is 236 g/mol. The molecule has 0 aliphatic rings. The van der Waals surface area contributed by atoms with Crippen molar-refractivity contribution in [3.05, 3.63) is 35.6 Å². The van der Waals surface area contributed by atoms with E-state index in [0.29, 0.717) is 5.56 Å². The third-order valence-corrected chi connectivity index (χ3v) is 2.41. The van der Waals surface area contributed by atoms with Gasteiger partial charge >= 0.3 is 5.97 Å². The molecule has 0 aliphatic heterocycles. The van der Waals surface area contributed by atoms with Crippen LogP contribution in [-0.2, 0) is 4.79 Å². The van der Waals surface area contributed by atoms with Gasteiger partial charge < -0.3 is 5.11 Å². The van der Waals surface area contributed by atoms with Crippen LogP contribution in [-0.4, -0.2) is 29.6 Å². The van der Waals surface area contributed by atoms with E-state index in [9.17, 15) is 9.18 Å². The number of benzene rings is 1. The molecule has 0 saturated carbocycles. The van der Waals surface area contributed by atoms with Gasteiger partial charge in [-0.2, -0.15) is 5.26 Å². The maximum absolute atomic E-state index is 13.0. The van der Waals surface area contributed by atoms with Crippen LogP contribution in [0.5, 0.6) is 0 Å². The first-order valence-electron chi connectivity index (χ1n) is 5.11. The van der Waals surface area contributed by atoms with Crippen molar-refractivity contribution in [1.29, 1.82) is 5.26 Å². The van der Waals surface area contributed by atoms with Crippen LogP contribution in [0.1, 0.15) is 18.0 Å². The van der Waals surface area contributed by atoms with Crippen molar-refractivity contribution in [2.45, 2.75) is 12.5 Å². The molecule has 1 aromatic rings. The third-order valence-electron chi connectivity index (χ3n) is 2.41. The Morgan fingerprint density at radius 2 is 2.35 bits per heavy atom. The van der Waals surface area contributed by atoms with E-state index in [1.807, 2.05) is 6.07 Å². The Balaban J connectivity index is 2.78. The number of nitrogens with zero attached hydrogens (tertiary/aromatic N) is 2. The van der Waals surface area contributed by atoms with Crippen molar-refractivity contribution in [1.82, 2.24) is 4.90 Å². The summed E-state index contributed by atoms with van der Waals surface area (Å²) < 4.78 is 13.0. The van der Waals surface area contributed by atoms with Gasteiger partial charge in [-0.05, 0) is 24.7 Å². The van der Waals surface area contributed by atoms with Gasteiger partial charge in [-0.1, -0.05) is 12.1 Å². The molecule has 1 unspecified atom stereocenters. The average molecular weight is 236 g/mol. The molecule has 0 radical (unpaired) electrons. The lowest BCUT2D eigenvalue weighted by Crippen LogP contribution is -2.26. The lowest BCUT2D eigenvalue weighted by Gasteiger charge is -2.21. The van der Waals surface area contributed by atoms with E-state index in [4.69, 9.17) is 10.4 Å². The Hall–Kier alpha value is -1.93. The van der Waals surface area contributed by atoms with Crippen molar-refractivity contribution in [3.63, 3.8) is 0 Å². The summed E-state index contributed by atoms with van der Waals surface area (Å²) in [5.74, 6) is -1.33. The summed E-state index contributed by atoms with van der Waals surface area (Å²) in [6.45, 7) is 0.240. The van der Waals surface area contributed by atoms with E-state index in [-0.39, 0.29) is 13.0 Å². The molecule has 5 heteroatoms. The first-order chi connectivity index (χ1) is 8.04. The van der Waals surface area contributed by atoms with Gasteiger partial charge in [0.1, 0.15) is 11.9 Å². The molecule has 0 amide bonds. The summed E-state index contributed by atoms with van der Waals surface area (Å²) in [4.78, 5) is 12.0. The molecule has 90 valence electrons. The van der Waals surface area contributed by atoms with Crippen LogP contribution in [0.15, 0.2) is 24.3 Å². The molecule has 17 heavy (non-hydrogen) atoms. The number of hydrogen-bond donors (Lipinski definition) is 1. The Morgan fingerprint density at radius 3 is 2.88 bits per heavy atom. The lowest BCUT2D eigenvalue weighted by atomic mass is 10.1. The zero-order chi connectivity index (χ0) is 12.8. The van der Waals surface area contributed by atoms with E-state index in [0.717, 1.165) is 0 Å². The number of rotatable bonds is 5. The van der Waals surface area contributed by atoms with Gasteiger partial charge in [0.05, 0.1) is 12.5 Å². The standard InChI is InChI=1S/C12H13FN2O2/c1-15(6-5-12(16)17)11(8-14)9-3-2-4-10(13)7-9/h2-4,7,11H,5-6H2,1H3,(H,16,17). The normalized spacial score (nSPS) is 12.1. The van der Waals surface area contributed by atoms with E-state index in [1.54, 1.807) is 18.0 Å². The quantitative estimate of drug-likeness (QED) is 0.846. The molecule has 4 nitrogen and oxygen atoms in total. The van der Waals surface area contributed by atoms with Crippen molar-refractivity contribution in [2.75, 3.05) is 13.6 Å². The van der Waals surface area contributed by atoms with Gasteiger partial charge in [0.15, 0.2) is 0 Å². The molecule has 1 N–H and O–H groups in total.